The number of aromatic nitrogens is 3. The van der Waals surface area contributed by atoms with E-state index in [9.17, 15) is 4.39 Å². The Bertz CT molecular complexity index is 544. The molecule has 0 bridgehead atoms. The molecule has 0 aliphatic heterocycles. The molecule has 0 saturated heterocycles. The number of hydrogen-bond acceptors (Lipinski definition) is 4. The van der Waals surface area contributed by atoms with Crippen LogP contribution < -0.4 is 5.32 Å². The van der Waals surface area contributed by atoms with E-state index in [2.05, 4.69) is 20.5 Å². The van der Waals surface area contributed by atoms with Gasteiger partial charge in [0.15, 0.2) is 0 Å². The van der Waals surface area contributed by atoms with Crippen molar-refractivity contribution in [1.29, 1.82) is 5.26 Å². The Labute approximate surface area is 104 Å². The van der Waals surface area contributed by atoms with Gasteiger partial charge in [0.2, 0.25) is 0 Å². The predicted octanol–water partition coefficient (Wildman–Crippen LogP) is 1.86. The third kappa shape index (κ3) is 2.83. The minimum atomic E-state index is -0.502. The summed E-state index contributed by atoms with van der Waals surface area (Å²) in [5, 5.41) is 18.4. The molecule has 0 amide bonds. The molecule has 1 aromatic carbocycles. The van der Waals surface area contributed by atoms with Crippen LogP contribution in [0.1, 0.15) is 17.8 Å². The molecule has 5 nitrogen and oxygen atoms in total. The molecule has 0 aliphatic carbocycles. The molecule has 0 radical (unpaired) electrons. The van der Waals surface area contributed by atoms with Gasteiger partial charge in [-0.05, 0) is 18.6 Å². The van der Waals surface area contributed by atoms with E-state index in [1.165, 1.54) is 12.4 Å². The topological polar surface area (TPSA) is 77.4 Å². The fourth-order valence-electron chi connectivity index (χ4n) is 1.62. The van der Waals surface area contributed by atoms with Crippen LogP contribution in [0.25, 0.3) is 0 Å². The third-order valence-corrected chi connectivity index (χ3v) is 2.50. The van der Waals surface area contributed by atoms with Crippen molar-refractivity contribution in [3.8, 4) is 6.07 Å². The van der Waals surface area contributed by atoms with E-state index in [0.717, 1.165) is 18.7 Å². The number of aromatic amines is 1. The molecule has 6 heteroatoms. The van der Waals surface area contributed by atoms with Crippen LogP contribution in [0.2, 0.25) is 0 Å². The van der Waals surface area contributed by atoms with Crippen LogP contribution in [0.3, 0.4) is 0 Å². The summed E-state index contributed by atoms with van der Waals surface area (Å²) in [5.41, 5.74) is 0.576. The summed E-state index contributed by atoms with van der Waals surface area (Å²) in [6, 6.07) is 6.40. The molecular weight excluding hydrogens is 233 g/mol. The van der Waals surface area contributed by atoms with Crippen molar-refractivity contribution in [1.82, 2.24) is 15.2 Å². The zero-order chi connectivity index (χ0) is 12.8. The maximum Gasteiger partial charge on any atom is 0.143 e. The first kappa shape index (κ1) is 12.0. The number of H-pyrrole nitrogens is 1. The van der Waals surface area contributed by atoms with Gasteiger partial charge < -0.3 is 5.32 Å². The number of nitrogens with one attached hydrogen (secondary N) is 2. The highest BCUT2D eigenvalue weighted by atomic mass is 19.1. The Hall–Kier alpha value is -2.42. The lowest BCUT2D eigenvalue weighted by molar-refractivity contribution is 0.624. The highest BCUT2D eigenvalue weighted by Crippen LogP contribution is 2.17. The lowest BCUT2D eigenvalue weighted by Crippen LogP contribution is -2.06. The predicted molar refractivity (Wildman–Crippen MR) is 64.3 cm³/mol. The number of rotatable bonds is 5. The van der Waals surface area contributed by atoms with Gasteiger partial charge in [-0.3, -0.25) is 5.10 Å². The SMILES string of the molecule is N#Cc1c(F)cccc1NCCCc1ncn[nH]1. The van der Waals surface area contributed by atoms with Crippen LogP contribution in [0.4, 0.5) is 10.1 Å². The molecule has 2 N–H and O–H groups in total. The van der Waals surface area contributed by atoms with Gasteiger partial charge in [-0.1, -0.05) is 6.07 Å². The highest BCUT2D eigenvalue weighted by molar-refractivity contribution is 5.57. The summed E-state index contributed by atoms with van der Waals surface area (Å²) in [7, 11) is 0. The fraction of sp³-hybridized carbons (Fsp3) is 0.250. The van der Waals surface area contributed by atoms with E-state index >= 15 is 0 Å². The molecule has 0 saturated carbocycles. The summed E-state index contributed by atoms with van der Waals surface area (Å²) in [6.07, 6.45) is 3.03. The quantitative estimate of drug-likeness (QED) is 0.788. The molecule has 2 aromatic rings. The van der Waals surface area contributed by atoms with Gasteiger partial charge in [0.1, 0.15) is 29.6 Å². The minimum Gasteiger partial charge on any atom is -0.384 e. The van der Waals surface area contributed by atoms with Gasteiger partial charge >= 0.3 is 0 Å². The van der Waals surface area contributed by atoms with Gasteiger partial charge in [-0.15, -0.1) is 0 Å². The van der Waals surface area contributed by atoms with Crippen LogP contribution in [-0.2, 0) is 6.42 Å². The summed E-state index contributed by atoms with van der Waals surface area (Å²) in [6.45, 7) is 0.638. The summed E-state index contributed by atoms with van der Waals surface area (Å²) in [4.78, 5) is 4.00. The number of aryl methyl sites for hydroxylation is 1. The number of anilines is 1. The zero-order valence-corrected chi connectivity index (χ0v) is 9.65. The van der Waals surface area contributed by atoms with Crippen molar-refractivity contribution >= 4 is 5.69 Å². The number of hydrogen-bond donors (Lipinski definition) is 2. The first-order valence-electron chi connectivity index (χ1n) is 5.58. The molecule has 0 atom stereocenters. The van der Waals surface area contributed by atoms with Crippen LogP contribution in [0.15, 0.2) is 24.5 Å². The monoisotopic (exact) mass is 245 g/mol. The van der Waals surface area contributed by atoms with Crippen molar-refractivity contribution < 1.29 is 4.39 Å². The number of benzene rings is 1. The molecule has 0 aliphatic rings. The molecule has 1 heterocycles. The Balaban J connectivity index is 1.87. The lowest BCUT2D eigenvalue weighted by atomic mass is 10.2. The second-order valence-electron chi connectivity index (χ2n) is 3.74. The average molecular weight is 245 g/mol. The first-order valence-corrected chi connectivity index (χ1v) is 5.58. The molecular formula is C12H12FN5. The lowest BCUT2D eigenvalue weighted by Gasteiger charge is -2.07. The second kappa shape index (κ2) is 5.77. The van der Waals surface area contributed by atoms with Crippen molar-refractivity contribution in [3.63, 3.8) is 0 Å². The highest BCUT2D eigenvalue weighted by Gasteiger charge is 2.06. The third-order valence-electron chi connectivity index (χ3n) is 2.50. The van der Waals surface area contributed by atoms with Gasteiger partial charge in [-0.25, -0.2) is 9.37 Å². The van der Waals surface area contributed by atoms with Crippen molar-refractivity contribution in [3.05, 3.63) is 41.7 Å². The van der Waals surface area contributed by atoms with E-state index in [4.69, 9.17) is 5.26 Å². The van der Waals surface area contributed by atoms with E-state index in [1.54, 1.807) is 12.1 Å². The van der Waals surface area contributed by atoms with Crippen molar-refractivity contribution in [2.75, 3.05) is 11.9 Å². The van der Waals surface area contributed by atoms with Gasteiger partial charge in [-0.2, -0.15) is 10.4 Å². The van der Waals surface area contributed by atoms with E-state index in [-0.39, 0.29) is 5.56 Å². The summed E-state index contributed by atoms with van der Waals surface area (Å²) < 4.78 is 13.3. The standard InChI is InChI=1S/C12H12FN5/c13-10-3-1-4-11(9(10)7-14)15-6-2-5-12-16-8-17-18-12/h1,3-4,8,15H,2,5-6H2,(H,16,17,18). The Morgan fingerprint density at radius 1 is 1.44 bits per heavy atom. The van der Waals surface area contributed by atoms with Gasteiger partial charge in [0.05, 0.1) is 5.69 Å². The van der Waals surface area contributed by atoms with Crippen LogP contribution in [-0.4, -0.2) is 21.7 Å². The smallest absolute Gasteiger partial charge is 0.143 e. The summed E-state index contributed by atoms with van der Waals surface area (Å²) in [5.74, 6) is 0.314. The number of halogens is 1. The van der Waals surface area contributed by atoms with Crippen molar-refractivity contribution in [2.45, 2.75) is 12.8 Å². The Kier molecular flexibility index (Phi) is 3.86. The van der Waals surface area contributed by atoms with Crippen LogP contribution >= 0.6 is 0 Å². The number of nitriles is 1. The van der Waals surface area contributed by atoms with Crippen molar-refractivity contribution in [2.24, 2.45) is 0 Å². The van der Waals surface area contributed by atoms with E-state index in [0.29, 0.717) is 12.2 Å². The van der Waals surface area contributed by atoms with Crippen LogP contribution in [0, 0.1) is 17.1 Å². The molecule has 1 aromatic heterocycles. The molecule has 0 fully saturated rings. The van der Waals surface area contributed by atoms with Gasteiger partial charge in [0.25, 0.3) is 0 Å². The fourth-order valence-corrected chi connectivity index (χ4v) is 1.62. The first-order chi connectivity index (χ1) is 8.81. The van der Waals surface area contributed by atoms with Crippen LogP contribution in [0.5, 0.6) is 0 Å². The largest absolute Gasteiger partial charge is 0.384 e. The average Bonchev–Trinajstić information content (AvgIpc) is 2.88. The van der Waals surface area contributed by atoms with Gasteiger partial charge in [0, 0.05) is 13.0 Å². The van der Waals surface area contributed by atoms with E-state index < -0.39 is 5.82 Å². The molecule has 0 spiro atoms. The summed E-state index contributed by atoms with van der Waals surface area (Å²) >= 11 is 0. The molecule has 2 rings (SSSR count). The zero-order valence-electron chi connectivity index (χ0n) is 9.65. The normalized spacial score (nSPS) is 10.0. The molecule has 0 unspecified atom stereocenters. The number of nitrogens with zero attached hydrogens (tertiary/aromatic N) is 3. The van der Waals surface area contributed by atoms with E-state index in [1.807, 2.05) is 6.07 Å². The minimum absolute atomic E-state index is 0.0529. The second-order valence-corrected chi connectivity index (χ2v) is 3.74. The molecule has 18 heavy (non-hydrogen) atoms. The maximum atomic E-state index is 13.3. The molecule has 92 valence electrons. The maximum absolute atomic E-state index is 13.3. The Morgan fingerprint density at radius 2 is 2.33 bits per heavy atom. The Morgan fingerprint density at radius 3 is 3.06 bits per heavy atom.